The Kier molecular flexibility index (Phi) is 6.30. The lowest BCUT2D eigenvalue weighted by Gasteiger charge is -2.11. The van der Waals surface area contributed by atoms with Crippen LogP contribution < -0.4 is 14.8 Å². The van der Waals surface area contributed by atoms with Gasteiger partial charge in [0.2, 0.25) is 0 Å². The van der Waals surface area contributed by atoms with Gasteiger partial charge >= 0.3 is 5.97 Å². The molecule has 0 heterocycles. The Balaban J connectivity index is 1.47. The summed E-state index contributed by atoms with van der Waals surface area (Å²) in [6.45, 7) is 0.795. The van der Waals surface area contributed by atoms with E-state index in [0.717, 1.165) is 5.56 Å². The van der Waals surface area contributed by atoms with Gasteiger partial charge in [-0.05, 0) is 55.0 Å². The number of carboxylic acids is 1. The molecule has 6 nitrogen and oxygen atoms in total. The molecule has 0 saturated heterocycles. The zero-order valence-corrected chi connectivity index (χ0v) is 15.0. The molecule has 27 heavy (non-hydrogen) atoms. The van der Waals surface area contributed by atoms with Gasteiger partial charge in [0.15, 0.2) is 6.61 Å². The molecule has 1 saturated carbocycles. The summed E-state index contributed by atoms with van der Waals surface area (Å²) in [4.78, 5) is 22.9. The molecule has 0 bridgehead atoms. The van der Waals surface area contributed by atoms with Crippen LogP contribution in [-0.4, -0.2) is 36.7 Å². The molecule has 1 amide bonds. The number of ether oxygens (including phenoxy) is 2. The van der Waals surface area contributed by atoms with Gasteiger partial charge in [-0.15, -0.1) is 0 Å². The maximum absolute atomic E-state index is 12.5. The second-order valence-electron chi connectivity index (χ2n) is 6.58. The lowest BCUT2D eigenvalue weighted by atomic mass is 10.1. The van der Waals surface area contributed by atoms with Crippen molar-refractivity contribution in [1.82, 2.24) is 5.32 Å². The monoisotopic (exact) mass is 369 g/mol. The Morgan fingerprint density at radius 3 is 2.48 bits per heavy atom. The minimum Gasteiger partial charge on any atom is -0.492 e. The van der Waals surface area contributed by atoms with E-state index in [1.54, 1.807) is 18.2 Å². The van der Waals surface area contributed by atoms with E-state index in [2.05, 4.69) is 5.32 Å². The molecule has 0 radical (unpaired) electrons. The molecule has 2 N–H and O–H groups in total. The summed E-state index contributed by atoms with van der Waals surface area (Å²) in [5.74, 6) is 0.600. The van der Waals surface area contributed by atoms with E-state index < -0.39 is 5.97 Å². The Morgan fingerprint density at radius 1 is 1.04 bits per heavy atom. The minimum atomic E-state index is -1.01. The van der Waals surface area contributed by atoms with Crippen molar-refractivity contribution in [2.24, 2.45) is 5.92 Å². The van der Waals surface area contributed by atoms with E-state index in [4.69, 9.17) is 14.6 Å². The fourth-order valence-electron chi connectivity index (χ4n) is 2.59. The fraction of sp³-hybridized carbons (Fsp3) is 0.333. The van der Waals surface area contributed by atoms with Gasteiger partial charge in [0, 0.05) is 6.54 Å². The summed E-state index contributed by atoms with van der Waals surface area (Å²) in [6, 6.07) is 14.5. The third-order valence-electron chi connectivity index (χ3n) is 4.29. The van der Waals surface area contributed by atoms with Gasteiger partial charge in [-0.1, -0.05) is 24.3 Å². The van der Waals surface area contributed by atoms with Crippen molar-refractivity contribution < 1.29 is 24.2 Å². The second kappa shape index (κ2) is 9.07. The maximum atomic E-state index is 12.5. The van der Waals surface area contributed by atoms with E-state index in [0.29, 0.717) is 42.6 Å². The SMILES string of the molecule is O=C(O)COc1ccc(CCNC(=O)c2ccccc2OCC2CC2)cc1. The molecule has 3 rings (SSSR count). The number of carbonyl (C=O) groups is 2. The maximum Gasteiger partial charge on any atom is 0.341 e. The number of nitrogens with one attached hydrogen (secondary N) is 1. The highest BCUT2D eigenvalue weighted by Gasteiger charge is 2.23. The van der Waals surface area contributed by atoms with Gasteiger partial charge in [0.25, 0.3) is 5.91 Å². The number of carboxylic acid groups (broad SMARTS) is 1. The minimum absolute atomic E-state index is 0.150. The van der Waals surface area contributed by atoms with Crippen LogP contribution in [0.25, 0.3) is 0 Å². The van der Waals surface area contributed by atoms with E-state index >= 15 is 0 Å². The van der Waals surface area contributed by atoms with E-state index in [1.165, 1.54) is 12.8 Å². The van der Waals surface area contributed by atoms with Crippen LogP contribution in [-0.2, 0) is 11.2 Å². The van der Waals surface area contributed by atoms with Crippen LogP contribution in [0, 0.1) is 5.92 Å². The molecule has 0 spiro atoms. The third-order valence-corrected chi connectivity index (χ3v) is 4.29. The predicted molar refractivity (Wildman–Crippen MR) is 100 cm³/mol. The molecule has 1 fully saturated rings. The van der Waals surface area contributed by atoms with Crippen molar-refractivity contribution in [2.45, 2.75) is 19.3 Å². The van der Waals surface area contributed by atoms with Crippen LogP contribution in [0.4, 0.5) is 0 Å². The number of hydrogen-bond acceptors (Lipinski definition) is 4. The molecule has 0 aromatic heterocycles. The van der Waals surface area contributed by atoms with Crippen molar-refractivity contribution in [2.75, 3.05) is 19.8 Å². The first kappa shape index (κ1) is 18.8. The summed E-state index contributed by atoms with van der Waals surface area (Å²) in [5.41, 5.74) is 1.58. The predicted octanol–water partition coefficient (Wildman–Crippen LogP) is 2.91. The number of benzene rings is 2. The molecule has 6 heteroatoms. The first-order valence-electron chi connectivity index (χ1n) is 9.05. The van der Waals surface area contributed by atoms with E-state index in [-0.39, 0.29) is 12.5 Å². The normalized spacial score (nSPS) is 13.0. The molecule has 142 valence electrons. The number of amides is 1. The smallest absolute Gasteiger partial charge is 0.341 e. The Morgan fingerprint density at radius 2 is 1.78 bits per heavy atom. The Hall–Kier alpha value is -3.02. The average molecular weight is 369 g/mol. The van der Waals surface area contributed by atoms with Gasteiger partial charge < -0.3 is 19.9 Å². The average Bonchev–Trinajstić information content (AvgIpc) is 3.50. The van der Waals surface area contributed by atoms with E-state index in [1.807, 2.05) is 30.3 Å². The van der Waals surface area contributed by atoms with E-state index in [9.17, 15) is 9.59 Å². The van der Waals surface area contributed by atoms with Crippen LogP contribution in [0.3, 0.4) is 0 Å². The number of hydrogen-bond donors (Lipinski definition) is 2. The molecule has 0 atom stereocenters. The van der Waals surface area contributed by atoms with Crippen molar-refractivity contribution >= 4 is 11.9 Å². The van der Waals surface area contributed by atoms with Crippen LogP contribution in [0.5, 0.6) is 11.5 Å². The number of para-hydroxylation sites is 1. The van der Waals surface area contributed by atoms with Crippen molar-refractivity contribution in [3.05, 3.63) is 59.7 Å². The molecular weight excluding hydrogens is 346 g/mol. The number of rotatable bonds is 10. The molecule has 0 aliphatic heterocycles. The molecular formula is C21H23NO5. The largest absolute Gasteiger partial charge is 0.492 e. The lowest BCUT2D eigenvalue weighted by Crippen LogP contribution is -2.26. The van der Waals surface area contributed by atoms with Crippen molar-refractivity contribution in [3.8, 4) is 11.5 Å². The van der Waals surface area contributed by atoms with Gasteiger partial charge in [0.1, 0.15) is 11.5 Å². The highest BCUT2D eigenvalue weighted by Crippen LogP contribution is 2.30. The molecule has 2 aromatic rings. The van der Waals surface area contributed by atoms with Crippen LogP contribution in [0.1, 0.15) is 28.8 Å². The van der Waals surface area contributed by atoms with Crippen LogP contribution in [0.2, 0.25) is 0 Å². The highest BCUT2D eigenvalue weighted by atomic mass is 16.5. The number of carbonyl (C=O) groups excluding carboxylic acids is 1. The summed E-state index contributed by atoms with van der Waals surface area (Å²) in [7, 11) is 0. The molecule has 1 aliphatic rings. The van der Waals surface area contributed by atoms with Gasteiger partial charge in [-0.25, -0.2) is 4.79 Å². The van der Waals surface area contributed by atoms with Gasteiger partial charge in [-0.2, -0.15) is 0 Å². The summed E-state index contributed by atoms with van der Waals surface area (Å²) in [5, 5.41) is 11.5. The number of aliphatic carboxylic acids is 1. The molecule has 1 aliphatic carbocycles. The summed E-state index contributed by atoms with van der Waals surface area (Å²) < 4.78 is 10.9. The van der Waals surface area contributed by atoms with Crippen LogP contribution in [0.15, 0.2) is 48.5 Å². The standard InChI is InChI=1S/C21H23NO5/c23-20(24)14-26-17-9-7-15(8-10-17)11-12-22-21(25)18-3-1-2-4-19(18)27-13-16-5-6-16/h1-4,7-10,16H,5-6,11-14H2,(H,22,25)(H,23,24). The van der Waals surface area contributed by atoms with Crippen LogP contribution >= 0.6 is 0 Å². The van der Waals surface area contributed by atoms with Crippen molar-refractivity contribution in [3.63, 3.8) is 0 Å². The third kappa shape index (κ3) is 6.02. The highest BCUT2D eigenvalue weighted by molar-refractivity contribution is 5.96. The lowest BCUT2D eigenvalue weighted by molar-refractivity contribution is -0.139. The quantitative estimate of drug-likeness (QED) is 0.673. The molecule has 0 unspecified atom stereocenters. The zero-order chi connectivity index (χ0) is 19.1. The second-order valence-corrected chi connectivity index (χ2v) is 6.58. The zero-order valence-electron chi connectivity index (χ0n) is 15.0. The van der Waals surface area contributed by atoms with Crippen molar-refractivity contribution in [1.29, 1.82) is 0 Å². The van der Waals surface area contributed by atoms with Gasteiger partial charge in [-0.3, -0.25) is 4.79 Å². The fourth-order valence-corrected chi connectivity index (χ4v) is 2.59. The van der Waals surface area contributed by atoms with Gasteiger partial charge in [0.05, 0.1) is 12.2 Å². The summed E-state index contributed by atoms with van der Waals surface area (Å²) in [6.07, 6.45) is 3.07. The Bertz CT molecular complexity index is 783. The molecule has 2 aromatic carbocycles. The first-order chi connectivity index (χ1) is 13.1. The topological polar surface area (TPSA) is 84.9 Å². The summed E-state index contributed by atoms with van der Waals surface area (Å²) >= 11 is 0. The first-order valence-corrected chi connectivity index (χ1v) is 9.05. The Labute approximate surface area is 158 Å².